The van der Waals surface area contributed by atoms with Crippen LogP contribution in [0.5, 0.6) is 5.75 Å². The van der Waals surface area contributed by atoms with Crippen molar-refractivity contribution in [2.24, 2.45) is 0 Å². The molecule has 1 fully saturated rings. The van der Waals surface area contributed by atoms with Crippen LogP contribution in [0.15, 0.2) is 60.7 Å². The molecule has 3 aromatic rings. The van der Waals surface area contributed by atoms with Gasteiger partial charge in [-0.05, 0) is 60.2 Å². The quantitative estimate of drug-likeness (QED) is 0.518. The third-order valence-electron chi connectivity index (χ3n) is 6.49. The number of amides is 2. The van der Waals surface area contributed by atoms with Crippen LogP contribution in [-0.2, 0) is 16.0 Å². The molecule has 3 aromatic carbocycles. The van der Waals surface area contributed by atoms with Gasteiger partial charge in [-0.1, -0.05) is 48.5 Å². The number of benzene rings is 3. The lowest BCUT2D eigenvalue weighted by Gasteiger charge is -2.30. The van der Waals surface area contributed by atoms with E-state index in [0.717, 1.165) is 21.9 Å². The average Bonchev–Trinajstić information content (AvgIpc) is 3.19. The molecule has 4 rings (SSSR count). The molecule has 0 spiro atoms. The maximum Gasteiger partial charge on any atom is 0.220 e. The SMILES string of the molecule is COc1cc(C[C@@]2(CCC(=O)N[C@H](C)c3cccc4ccccc34)CCC(=O)N2)ccc1F. The van der Waals surface area contributed by atoms with E-state index in [1.807, 2.05) is 31.2 Å². The lowest BCUT2D eigenvalue weighted by atomic mass is 9.84. The van der Waals surface area contributed by atoms with Gasteiger partial charge < -0.3 is 15.4 Å². The summed E-state index contributed by atoms with van der Waals surface area (Å²) in [5.74, 6) is -0.331. The Bertz CT molecular complexity index is 1170. The Morgan fingerprint density at radius 3 is 2.73 bits per heavy atom. The molecule has 2 atom stereocenters. The molecule has 6 heteroatoms. The number of fused-ring (bicyclic) bond motifs is 1. The van der Waals surface area contributed by atoms with E-state index < -0.39 is 11.4 Å². The van der Waals surface area contributed by atoms with Crippen LogP contribution in [0.3, 0.4) is 0 Å². The van der Waals surface area contributed by atoms with E-state index in [4.69, 9.17) is 4.74 Å². The van der Waals surface area contributed by atoms with Crippen LogP contribution in [0.4, 0.5) is 4.39 Å². The van der Waals surface area contributed by atoms with Crippen LogP contribution in [0.2, 0.25) is 0 Å². The number of ether oxygens (including phenoxy) is 1. The Kier molecular flexibility index (Phi) is 6.63. The fourth-order valence-corrected chi connectivity index (χ4v) is 4.76. The van der Waals surface area contributed by atoms with Crippen LogP contribution < -0.4 is 15.4 Å². The van der Waals surface area contributed by atoms with Gasteiger partial charge in [-0.3, -0.25) is 9.59 Å². The van der Waals surface area contributed by atoms with Gasteiger partial charge in [-0.25, -0.2) is 4.39 Å². The molecular weight excluding hydrogens is 419 g/mol. The van der Waals surface area contributed by atoms with Crippen molar-refractivity contribution in [3.05, 3.63) is 77.6 Å². The predicted molar refractivity (Wildman–Crippen MR) is 127 cm³/mol. The van der Waals surface area contributed by atoms with Crippen molar-refractivity contribution in [3.63, 3.8) is 0 Å². The first kappa shape index (κ1) is 22.8. The van der Waals surface area contributed by atoms with Gasteiger partial charge in [-0.2, -0.15) is 0 Å². The van der Waals surface area contributed by atoms with E-state index in [-0.39, 0.29) is 30.0 Å². The van der Waals surface area contributed by atoms with Crippen molar-refractivity contribution < 1.29 is 18.7 Å². The number of hydrogen-bond donors (Lipinski definition) is 2. The second kappa shape index (κ2) is 9.61. The smallest absolute Gasteiger partial charge is 0.220 e. The van der Waals surface area contributed by atoms with E-state index in [1.54, 1.807) is 12.1 Å². The van der Waals surface area contributed by atoms with Crippen LogP contribution in [0.25, 0.3) is 10.8 Å². The topological polar surface area (TPSA) is 67.4 Å². The largest absolute Gasteiger partial charge is 0.494 e. The van der Waals surface area contributed by atoms with Crippen LogP contribution in [0, 0.1) is 5.82 Å². The highest BCUT2D eigenvalue weighted by Gasteiger charge is 2.38. The van der Waals surface area contributed by atoms with E-state index in [9.17, 15) is 14.0 Å². The standard InChI is InChI=1S/C27H29FN2O3/c1-18(21-9-5-7-20-6-3-4-8-22(20)21)29-25(31)12-14-27(15-13-26(32)30-27)17-19-10-11-23(28)24(16-19)33-2/h3-11,16,18H,12-15,17H2,1-2H3,(H,29,31)(H,30,32)/t18-,27-/m1/s1. The van der Waals surface area contributed by atoms with E-state index >= 15 is 0 Å². The first-order valence-corrected chi connectivity index (χ1v) is 11.3. The molecule has 0 aromatic heterocycles. The molecule has 2 amide bonds. The first-order chi connectivity index (χ1) is 15.9. The summed E-state index contributed by atoms with van der Waals surface area (Å²) in [5.41, 5.74) is 1.41. The van der Waals surface area contributed by atoms with Gasteiger partial charge in [0.1, 0.15) is 0 Å². The minimum Gasteiger partial charge on any atom is -0.494 e. The van der Waals surface area contributed by atoms with E-state index in [0.29, 0.717) is 25.7 Å². The molecule has 2 N–H and O–H groups in total. The molecule has 0 aliphatic carbocycles. The van der Waals surface area contributed by atoms with Gasteiger partial charge in [0.2, 0.25) is 11.8 Å². The molecular formula is C27H29FN2O3. The first-order valence-electron chi connectivity index (χ1n) is 11.3. The molecule has 0 bridgehead atoms. The number of rotatable bonds is 8. The van der Waals surface area contributed by atoms with Gasteiger partial charge in [0, 0.05) is 18.4 Å². The second-order valence-corrected chi connectivity index (χ2v) is 8.83. The molecule has 5 nitrogen and oxygen atoms in total. The van der Waals surface area contributed by atoms with Crippen molar-refractivity contribution in [2.45, 2.75) is 50.6 Å². The summed E-state index contributed by atoms with van der Waals surface area (Å²) in [7, 11) is 1.43. The van der Waals surface area contributed by atoms with Crippen molar-refractivity contribution in [1.82, 2.24) is 10.6 Å². The monoisotopic (exact) mass is 448 g/mol. The molecule has 1 aliphatic heterocycles. The van der Waals surface area contributed by atoms with Gasteiger partial charge in [-0.15, -0.1) is 0 Å². The van der Waals surface area contributed by atoms with Gasteiger partial charge in [0.25, 0.3) is 0 Å². The molecule has 0 radical (unpaired) electrons. The molecule has 33 heavy (non-hydrogen) atoms. The minimum absolute atomic E-state index is 0.0198. The summed E-state index contributed by atoms with van der Waals surface area (Å²) in [4.78, 5) is 24.9. The molecule has 172 valence electrons. The van der Waals surface area contributed by atoms with Crippen LogP contribution in [-0.4, -0.2) is 24.5 Å². The highest BCUT2D eigenvalue weighted by atomic mass is 19.1. The van der Waals surface area contributed by atoms with Crippen molar-refractivity contribution in [2.75, 3.05) is 7.11 Å². The Labute approximate surface area is 193 Å². The number of nitrogens with one attached hydrogen (secondary N) is 2. The minimum atomic E-state index is -0.528. The maximum absolute atomic E-state index is 13.8. The summed E-state index contributed by atoms with van der Waals surface area (Å²) in [6, 6.07) is 18.8. The lowest BCUT2D eigenvalue weighted by molar-refractivity contribution is -0.123. The number of hydrogen-bond acceptors (Lipinski definition) is 3. The third kappa shape index (κ3) is 5.16. The normalized spacial score (nSPS) is 18.7. The van der Waals surface area contributed by atoms with Gasteiger partial charge in [0.05, 0.1) is 13.2 Å². The summed E-state index contributed by atoms with van der Waals surface area (Å²) in [5, 5.41) is 8.45. The Morgan fingerprint density at radius 2 is 1.97 bits per heavy atom. The summed E-state index contributed by atoms with van der Waals surface area (Å²) < 4.78 is 18.9. The van der Waals surface area contributed by atoms with Crippen molar-refractivity contribution in [1.29, 1.82) is 0 Å². The average molecular weight is 449 g/mol. The molecule has 1 aliphatic rings. The Morgan fingerprint density at radius 1 is 1.18 bits per heavy atom. The second-order valence-electron chi connectivity index (χ2n) is 8.83. The third-order valence-corrected chi connectivity index (χ3v) is 6.49. The van der Waals surface area contributed by atoms with Gasteiger partial charge in [0.15, 0.2) is 11.6 Å². The maximum atomic E-state index is 13.8. The van der Waals surface area contributed by atoms with Crippen LogP contribution in [0.1, 0.15) is 49.8 Å². The Balaban J connectivity index is 1.44. The Hall–Kier alpha value is -3.41. The molecule has 1 heterocycles. The molecule has 1 saturated heterocycles. The number of methoxy groups -OCH3 is 1. The van der Waals surface area contributed by atoms with Crippen molar-refractivity contribution in [3.8, 4) is 5.75 Å². The zero-order valence-corrected chi connectivity index (χ0v) is 19.0. The zero-order valence-electron chi connectivity index (χ0n) is 19.0. The molecule has 0 unspecified atom stereocenters. The highest BCUT2D eigenvalue weighted by Crippen LogP contribution is 2.31. The van der Waals surface area contributed by atoms with Crippen molar-refractivity contribution >= 4 is 22.6 Å². The van der Waals surface area contributed by atoms with Crippen LogP contribution >= 0.6 is 0 Å². The lowest BCUT2D eigenvalue weighted by Crippen LogP contribution is -2.44. The predicted octanol–water partition coefficient (Wildman–Crippen LogP) is 4.84. The zero-order chi connectivity index (χ0) is 23.4. The number of halogens is 1. The fraction of sp³-hybridized carbons (Fsp3) is 0.333. The number of carbonyl (C=O) groups excluding carboxylic acids is 2. The van der Waals surface area contributed by atoms with E-state index in [1.165, 1.54) is 13.2 Å². The summed E-state index contributed by atoms with van der Waals surface area (Å²) >= 11 is 0. The van der Waals surface area contributed by atoms with Gasteiger partial charge >= 0.3 is 0 Å². The fourth-order valence-electron chi connectivity index (χ4n) is 4.76. The van der Waals surface area contributed by atoms with E-state index in [2.05, 4.69) is 28.8 Å². The number of carbonyl (C=O) groups is 2. The highest BCUT2D eigenvalue weighted by molar-refractivity contribution is 5.87. The summed E-state index contributed by atoms with van der Waals surface area (Å²) in [6.45, 7) is 1.98. The summed E-state index contributed by atoms with van der Waals surface area (Å²) in [6.07, 6.45) is 2.37. The molecule has 0 saturated carbocycles.